The predicted molar refractivity (Wildman–Crippen MR) is 41.9 cm³/mol. The Morgan fingerprint density at radius 2 is 2.57 bits per heavy atom. The van der Waals surface area contributed by atoms with Crippen molar-refractivity contribution in [3.63, 3.8) is 0 Å². The molecule has 0 radical (unpaired) electrons. The maximum absolute atomic E-state index is 3.46. The van der Waals surface area contributed by atoms with Crippen LogP contribution in [0, 0.1) is 0 Å². The topological polar surface area (TPSA) is 0 Å². The third kappa shape index (κ3) is 1.78. The standard InChI is InChI=1S/C4H4Br2S/c5-3-1-4(6)7-2-3/h2,4H,1H2. The van der Waals surface area contributed by atoms with E-state index in [1.165, 1.54) is 4.48 Å². The van der Waals surface area contributed by atoms with Gasteiger partial charge in [0.25, 0.3) is 0 Å². The summed E-state index contributed by atoms with van der Waals surface area (Å²) in [4.78, 5) is 0. The van der Waals surface area contributed by atoms with Crippen LogP contribution in [0.4, 0.5) is 0 Å². The van der Waals surface area contributed by atoms with Crippen molar-refractivity contribution in [1.82, 2.24) is 0 Å². The largest absolute Gasteiger partial charge is 0.118 e. The summed E-state index contributed by atoms with van der Waals surface area (Å²) >= 11 is 8.66. The van der Waals surface area contributed by atoms with Gasteiger partial charge in [-0.25, -0.2) is 0 Å². The third-order valence-electron chi connectivity index (χ3n) is 0.699. The highest BCUT2D eigenvalue weighted by molar-refractivity contribution is 9.12. The second-order valence-electron chi connectivity index (χ2n) is 1.31. The average Bonchev–Trinajstić information content (AvgIpc) is 1.87. The summed E-state index contributed by atoms with van der Waals surface area (Å²) in [5, 5.41) is 2.12. The van der Waals surface area contributed by atoms with Crippen LogP contribution in [-0.4, -0.2) is 4.16 Å². The van der Waals surface area contributed by atoms with Gasteiger partial charge in [-0.15, -0.1) is 11.8 Å². The molecule has 1 aliphatic rings. The van der Waals surface area contributed by atoms with Gasteiger partial charge in [0.15, 0.2) is 0 Å². The molecule has 0 amide bonds. The van der Waals surface area contributed by atoms with Crippen molar-refractivity contribution in [2.75, 3.05) is 0 Å². The Kier molecular flexibility index (Phi) is 2.25. The van der Waals surface area contributed by atoms with E-state index < -0.39 is 0 Å². The van der Waals surface area contributed by atoms with Crippen molar-refractivity contribution in [2.45, 2.75) is 10.6 Å². The zero-order chi connectivity index (χ0) is 5.28. The van der Waals surface area contributed by atoms with Crippen molar-refractivity contribution < 1.29 is 0 Å². The lowest BCUT2D eigenvalue weighted by Crippen LogP contribution is -1.78. The summed E-state index contributed by atoms with van der Waals surface area (Å²) < 4.78 is 1.92. The molecule has 1 aliphatic heterocycles. The van der Waals surface area contributed by atoms with E-state index in [4.69, 9.17) is 0 Å². The molecule has 0 saturated carbocycles. The van der Waals surface area contributed by atoms with Crippen LogP contribution >= 0.6 is 43.6 Å². The van der Waals surface area contributed by atoms with Gasteiger partial charge < -0.3 is 0 Å². The van der Waals surface area contributed by atoms with Gasteiger partial charge in [-0.05, 0) is 5.41 Å². The maximum Gasteiger partial charge on any atom is 0.0687 e. The Bertz CT molecular complexity index is 99.9. The highest BCUT2D eigenvalue weighted by Gasteiger charge is 2.10. The Balaban J connectivity index is 2.42. The lowest BCUT2D eigenvalue weighted by molar-refractivity contribution is 1.21. The minimum Gasteiger partial charge on any atom is -0.118 e. The third-order valence-corrected chi connectivity index (χ3v) is 3.41. The molecular weight excluding hydrogens is 240 g/mol. The van der Waals surface area contributed by atoms with Crippen molar-refractivity contribution in [3.05, 3.63) is 9.89 Å². The minimum absolute atomic E-state index is 0.613. The Morgan fingerprint density at radius 3 is 2.71 bits per heavy atom. The van der Waals surface area contributed by atoms with Gasteiger partial charge in [0.2, 0.25) is 0 Å². The van der Waals surface area contributed by atoms with E-state index >= 15 is 0 Å². The monoisotopic (exact) mass is 242 g/mol. The Hall–Kier alpha value is 1.05. The van der Waals surface area contributed by atoms with Crippen LogP contribution in [0.15, 0.2) is 9.89 Å². The second-order valence-corrected chi connectivity index (χ2v) is 5.12. The number of halogens is 2. The molecule has 40 valence electrons. The van der Waals surface area contributed by atoms with E-state index in [1.54, 1.807) is 0 Å². The lowest BCUT2D eigenvalue weighted by atomic mass is 10.5. The molecule has 0 fully saturated rings. The fourth-order valence-electron chi connectivity index (χ4n) is 0.397. The van der Waals surface area contributed by atoms with Gasteiger partial charge in [-0.1, -0.05) is 31.9 Å². The van der Waals surface area contributed by atoms with Crippen LogP contribution in [0.2, 0.25) is 0 Å². The van der Waals surface area contributed by atoms with Crippen molar-refractivity contribution >= 4 is 43.6 Å². The van der Waals surface area contributed by atoms with Gasteiger partial charge in [0, 0.05) is 10.9 Å². The fourth-order valence-corrected chi connectivity index (χ4v) is 3.03. The molecule has 0 spiro atoms. The number of rotatable bonds is 0. The quantitative estimate of drug-likeness (QED) is 0.590. The first-order valence-electron chi connectivity index (χ1n) is 1.93. The van der Waals surface area contributed by atoms with Gasteiger partial charge in [0.05, 0.1) is 4.16 Å². The zero-order valence-corrected chi connectivity index (χ0v) is 7.51. The molecule has 1 unspecified atom stereocenters. The van der Waals surface area contributed by atoms with Crippen LogP contribution in [0.3, 0.4) is 0 Å². The molecule has 0 aliphatic carbocycles. The Morgan fingerprint density at radius 1 is 1.86 bits per heavy atom. The van der Waals surface area contributed by atoms with Crippen LogP contribution in [-0.2, 0) is 0 Å². The summed E-state index contributed by atoms with van der Waals surface area (Å²) in [5.74, 6) is 0. The molecule has 0 N–H and O–H groups in total. The van der Waals surface area contributed by atoms with Crippen LogP contribution in [0.25, 0.3) is 0 Å². The summed E-state index contributed by atoms with van der Waals surface area (Å²) in [6, 6.07) is 0. The molecule has 3 heteroatoms. The second kappa shape index (κ2) is 2.55. The van der Waals surface area contributed by atoms with Crippen LogP contribution in [0.5, 0.6) is 0 Å². The molecule has 1 rings (SSSR count). The SMILES string of the molecule is BrC1=CSC(Br)C1. The summed E-state index contributed by atoms with van der Waals surface area (Å²) in [7, 11) is 0. The molecule has 1 atom stereocenters. The highest BCUT2D eigenvalue weighted by atomic mass is 79.9. The van der Waals surface area contributed by atoms with Crippen LogP contribution < -0.4 is 0 Å². The lowest BCUT2D eigenvalue weighted by Gasteiger charge is -1.91. The van der Waals surface area contributed by atoms with E-state index in [-0.39, 0.29) is 0 Å². The molecule has 0 saturated heterocycles. The maximum atomic E-state index is 3.46. The van der Waals surface area contributed by atoms with E-state index in [1.807, 2.05) is 11.8 Å². The molecule has 1 heterocycles. The number of thioether (sulfide) groups is 1. The molecule has 0 aromatic heterocycles. The molecule has 7 heavy (non-hydrogen) atoms. The summed E-state index contributed by atoms with van der Waals surface area (Å²) in [6.45, 7) is 0. The van der Waals surface area contributed by atoms with E-state index in [0.29, 0.717) is 4.16 Å². The normalized spacial score (nSPS) is 30.6. The molecule has 0 nitrogen and oxygen atoms in total. The molecule has 0 bridgehead atoms. The summed E-state index contributed by atoms with van der Waals surface area (Å²) in [6.07, 6.45) is 1.13. The van der Waals surface area contributed by atoms with Crippen molar-refractivity contribution in [3.8, 4) is 0 Å². The van der Waals surface area contributed by atoms with Gasteiger partial charge >= 0.3 is 0 Å². The van der Waals surface area contributed by atoms with Crippen LogP contribution in [0.1, 0.15) is 6.42 Å². The first kappa shape index (κ1) is 6.17. The number of alkyl halides is 1. The smallest absolute Gasteiger partial charge is 0.0687 e. The molecular formula is C4H4Br2S. The molecule has 0 aromatic carbocycles. The Labute approximate surface area is 64.0 Å². The van der Waals surface area contributed by atoms with Gasteiger partial charge in [0.1, 0.15) is 0 Å². The zero-order valence-electron chi connectivity index (χ0n) is 3.53. The number of hydrogen-bond donors (Lipinski definition) is 0. The fraction of sp³-hybridized carbons (Fsp3) is 0.500. The van der Waals surface area contributed by atoms with Crippen molar-refractivity contribution in [1.29, 1.82) is 0 Å². The average molecular weight is 244 g/mol. The van der Waals surface area contributed by atoms with E-state index in [0.717, 1.165) is 6.42 Å². The van der Waals surface area contributed by atoms with E-state index in [2.05, 4.69) is 37.3 Å². The van der Waals surface area contributed by atoms with Gasteiger partial charge in [-0.2, -0.15) is 0 Å². The van der Waals surface area contributed by atoms with Gasteiger partial charge in [-0.3, -0.25) is 0 Å². The minimum atomic E-state index is 0.613. The number of hydrogen-bond acceptors (Lipinski definition) is 1. The molecule has 0 aromatic rings. The predicted octanol–water partition coefficient (Wildman–Crippen LogP) is 3.08. The first-order valence-corrected chi connectivity index (χ1v) is 4.58. The first-order chi connectivity index (χ1) is 3.29. The summed E-state index contributed by atoms with van der Waals surface area (Å²) in [5.41, 5.74) is 0. The van der Waals surface area contributed by atoms with Crippen molar-refractivity contribution in [2.24, 2.45) is 0 Å². The number of allylic oxidation sites excluding steroid dienone is 1. The van der Waals surface area contributed by atoms with E-state index in [9.17, 15) is 0 Å². The highest BCUT2D eigenvalue weighted by Crippen LogP contribution is 2.36.